The predicted octanol–water partition coefficient (Wildman–Crippen LogP) is 1.54. The van der Waals surface area contributed by atoms with Gasteiger partial charge in [0.05, 0.1) is 4.90 Å². The van der Waals surface area contributed by atoms with Gasteiger partial charge in [0, 0.05) is 19.1 Å². The highest BCUT2D eigenvalue weighted by Gasteiger charge is 2.32. The van der Waals surface area contributed by atoms with E-state index in [0.29, 0.717) is 18.7 Å². The monoisotopic (exact) mass is 308 g/mol. The lowest BCUT2D eigenvalue weighted by Gasteiger charge is -2.16. The van der Waals surface area contributed by atoms with Gasteiger partial charge in [-0.05, 0) is 38.1 Å². The molecule has 1 unspecified atom stereocenters. The van der Waals surface area contributed by atoms with Crippen LogP contribution in [0.5, 0.6) is 0 Å². The van der Waals surface area contributed by atoms with Crippen molar-refractivity contribution in [1.29, 1.82) is 0 Å². The maximum Gasteiger partial charge on any atom is 0.243 e. The lowest BCUT2D eigenvalue weighted by Crippen LogP contribution is -2.33. The SMILES string of the molecule is CNC1CCN(S(=O)(=O)c2ccc(C)c(F)c2)C1.Cl. The van der Waals surface area contributed by atoms with Gasteiger partial charge in [-0.15, -0.1) is 12.4 Å². The smallest absolute Gasteiger partial charge is 0.243 e. The zero-order valence-electron chi connectivity index (χ0n) is 10.9. The van der Waals surface area contributed by atoms with E-state index in [2.05, 4.69) is 5.32 Å². The van der Waals surface area contributed by atoms with Crippen LogP contribution >= 0.6 is 12.4 Å². The minimum absolute atomic E-state index is 0. The van der Waals surface area contributed by atoms with E-state index >= 15 is 0 Å². The fraction of sp³-hybridized carbons (Fsp3) is 0.500. The van der Waals surface area contributed by atoms with E-state index in [4.69, 9.17) is 0 Å². The first-order valence-electron chi connectivity index (χ1n) is 5.88. The van der Waals surface area contributed by atoms with Crippen molar-refractivity contribution in [2.24, 2.45) is 0 Å². The van der Waals surface area contributed by atoms with Gasteiger partial charge in [-0.2, -0.15) is 4.31 Å². The van der Waals surface area contributed by atoms with E-state index in [1.54, 1.807) is 6.92 Å². The van der Waals surface area contributed by atoms with Gasteiger partial charge >= 0.3 is 0 Å². The molecule has 0 aromatic heterocycles. The van der Waals surface area contributed by atoms with E-state index in [0.717, 1.165) is 12.5 Å². The number of aryl methyl sites for hydroxylation is 1. The largest absolute Gasteiger partial charge is 0.316 e. The van der Waals surface area contributed by atoms with Crippen LogP contribution in [-0.2, 0) is 10.0 Å². The highest BCUT2D eigenvalue weighted by Crippen LogP contribution is 2.22. The molecule has 1 fully saturated rings. The summed E-state index contributed by atoms with van der Waals surface area (Å²) in [5.41, 5.74) is 0.448. The van der Waals surface area contributed by atoms with Gasteiger partial charge in [0.15, 0.2) is 0 Å². The summed E-state index contributed by atoms with van der Waals surface area (Å²) >= 11 is 0. The molecule has 1 aliphatic rings. The molecule has 0 saturated carbocycles. The molecule has 1 N–H and O–H groups in total. The first kappa shape index (κ1) is 16.4. The maximum absolute atomic E-state index is 13.4. The lowest BCUT2D eigenvalue weighted by molar-refractivity contribution is 0.464. The summed E-state index contributed by atoms with van der Waals surface area (Å²) in [5, 5.41) is 3.06. The standard InChI is InChI=1S/C12H17FN2O2S.ClH/c1-9-3-4-11(7-12(9)13)18(16,17)15-6-5-10(8-15)14-2;/h3-4,7,10,14H,5-6,8H2,1-2H3;1H. The number of hydrogen-bond donors (Lipinski definition) is 1. The van der Waals surface area contributed by atoms with Crippen molar-refractivity contribution in [2.45, 2.75) is 24.3 Å². The molecule has 2 rings (SSSR count). The van der Waals surface area contributed by atoms with Crippen LogP contribution in [0.3, 0.4) is 0 Å². The third-order valence-corrected chi connectivity index (χ3v) is 5.20. The number of halogens is 2. The summed E-state index contributed by atoms with van der Waals surface area (Å²) in [4.78, 5) is 0.0300. The summed E-state index contributed by atoms with van der Waals surface area (Å²) in [6.45, 7) is 2.52. The van der Waals surface area contributed by atoms with Gasteiger partial charge in [0.25, 0.3) is 0 Å². The van der Waals surface area contributed by atoms with Crippen molar-refractivity contribution in [3.8, 4) is 0 Å². The molecule has 0 aliphatic carbocycles. The van der Waals surface area contributed by atoms with Gasteiger partial charge in [0.2, 0.25) is 10.0 Å². The fourth-order valence-corrected chi connectivity index (χ4v) is 3.58. The first-order valence-corrected chi connectivity index (χ1v) is 7.32. The Bertz CT molecular complexity index is 551. The van der Waals surface area contributed by atoms with Crippen LogP contribution < -0.4 is 5.32 Å². The van der Waals surface area contributed by atoms with Crippen LogP contribution in [0, 0.1) is 12.7 Å². The molecule has 1 aromatic rings. The van der Waals surface area contributed by atoms with Crippen LogP contribution in [0.2, 0.25) is 0 Å². The van der Waals surface area contributed by atoms with Crippen molar-refractivity contribution in [3.05, 3.63) is 29.6 Å². The van der Waals surface area contributed by atoms with Crippen LogP contribution in [0.25, 0.3) is 0 Å². The van der Waals surface area contributed by atoms with Crippen molar-refractivity contribution in [1.82, 2.24) is 9.62 Å². The van der Waals surface area contributed by atoms with Crippen molar-refractivity contribution < 1.29 is 12.8 Å². The van der Waals surface area contributed by atoms with Crippen LogP contribution in [-0.4, -0.2) is 38.9 Å². The molecule has 0 radical (unpaired) electrons. The minimum Gasteiger partial charge on any atom is -0.316 e. The molecule has 1 aromatic carbocycles. The molecule has 108 valence electrons. The average molecular weight is 309 g/mol. The molecule has 0 amide bonds. The molecule has 19 heavy (non-hydrogen) atoms. The number of hydrogen-bond acceptors (Lipinski definition) is 3. The summed E-state index contributed by atoms with van der Waals surface area (Å²) in [6.07, 6.45) is 0.782. The number of benzene rings is 1. The Hall–Kier alpha value is -0.690. The number of likely N-dealkylation sites (N-methyl/N-ethyl adjacent to an activating group) is 1. The second kappa shape index (κ2) is 6.17. The average Bonchev–Trinajstić information content (AvgIpc) is 2.81. The van der Waals surface area contributed by atoms with Crippen molar-refractivity contribution >= 4 is 22.4 Å². The Balaban J connectivity index is 0.00000180. The molecule has 0 spiro atoms. The van der Waals surface area contributed by atoms with Gasteiger partial charge < -0.3 is 5.32 Å². The summed E-state index contributed by atoms with van der Waals surface area (Å²) < 4.78 is 39.4. The molecule has 1 heterocycles. The normalized spacial score (nSPS) is 20.3. The Morgan fingerprint density at radius 1 is 1.42 bits per heavy atom. The Kier molecular flexibility index (Phi) is 5.32. The van der Waals surface area contributed by atoms with Crippen molar-refractivity contribution in [2.75, 3.05) is 20.1 Å². The molecule has 1 aliphatic heterocycles. The summed E-state index contributed by atoms with van der Waals surface area (Å²) in [6, 6.07) is 4.22. The molecular weight excluding hydrogens is 291 g/mol. The van der Waals surface area contributed by atoms with Crippen LogP contribution in [0.4, 0.5) is 4.39 Å². The fourth-order valence-electron chi connectivity index (χ4n) is 2.07. The van der Waals surface area contributed by atoms with Crippen LogP contribution in [0.15, 0.2) is 23.1 Å². The second-order valence-corrected chi connectivity index (χ2v) is 6.49. The quantitative estimate of drug-likeness (QED) is 0.921. The van der Waals surface area contributed by atoms with E-state index < -0.39 is 15.8 Å². The number of nitrogens with one attached hydrogen (secondary N) is 1. The topological polar surface area (TPSA) is 49.4 Å². The van der Waals surface area contributed by atoms with Gasteiger partial charge in [0.1, 0.15) is 5.82 Å². The molecule has 4 nitrogen and oxygen atoms in total. The molecule has 1 atom stereocenters. The third kappa shape index (κ3) is 3.25. The highest BCUT2D eigenvalue weighted by atomic mass is 35.5. The predicted molar refractivity (Wildman–Crippen MR) is 74.6 cm³/mol. The lowest BCUT2D eigenvalue weighted by atomic mass is 10.2. The molecule has 0 bridgehead atoms. The summed E-state index contributed by atoms with van der Waals surface area (Å²) in [5.74, 6) is -0.486. The Morgan fingerprint density at radius 2 is 2.11 bits per heavy atom. The second-order valence-electron chi connectivity index (χ2n) is 4.55. The van der Waals surface area contributed by atoms with E-state index in [9.17, 15) is 12.8 Å². The maximum atomic E-state index is 13.4. The minimum atomic E-state index is -3.57. The zero-order chi connectivity index (χ0) is 13.3. The Labute approximate surface area is 119 Å². The van der Waals surface area contributed by atoms with E-state index in [1.165, 1.54) is 16.4 Å². The number of sulfonamides is 1. The van der Waals surface area contributed by atoms with Crippen molar-refractivity contribution in [3.63, 3.8) is 0 Å². The van der Waals surface area contributed by atoms with E-state index in [1.807, 2.05) is 7.05 Å². The number of nitrogens with zero attached hydrogens (tertiary/aromatic N) is 1. The van der Waals surface area contributed by atoms with E-state index in [-0.39, 0.29) is 23.3 Å². The molecule has 7 heteroatoms. The Morgan fingerprint density at radius 3 is 2.63 bits per heavy atom. The molecular formula is C12H18ClFN2O2S. The van der Waals surface area contributed by atoms with Gasteiger partial charge in [-0.3, -0.25) is 0 Å². The zero-order valence-corrected chi connectivity index (χ0v) is 12.5. The molecule has 1 saturated heterocycles. The van der Waals surface area contributed by atoms with Gasteiger partial charge in [-0.25, -0.2) is 12.8 Å². The van der Waals surface area contributed by atoms with Gasteiger partial charge in [-0.1, -0.05) is 6.07 Å². The number of rotatable bonds is 3. The van der Waals surface area contributed by atoms with Crippen LogP contribution in [0.1, 0.15) is 12.0 Å². The summed E-state index contributed by atoms with van der Waals surface area (Å²) in [7, 11) is -1.76. The first-order chi connectivity index (χ1) is 8.45. The third-order valence-electron chi connectivity index (χ3n) is 3.34. The highest BCUT2D eigenvalue weighted by molar-refractivity contribution is 7.89.